The van der Waals surface area contributed by atoms with Gasteiger partial charge in [-0.25, -0.2) is 0 Å². The molecule has 1 fully saturated rings. The van der Waals surface area contributed by atoms with Crippen molar-refractivity contribution in [2.45, 2.75) is 70.9 Å². The Balaban J connectivity index is 2.36. The largest absolute Gasteiger partial charge is 0.481 e. The third kappa shape index (κ3) is 5.67. The maximum Gasteiger partial charge on any atom is 0.303 e. The molecule has 7 nitrogen and oxygen atoms in total. The van der Waals surface area contributed by atoms with Crippen LogP contribution in [0.3, 0.4) is 0 Å². The Morgan fingerprint density at radius 3 is 2.43 bits per heavy atom. The van der Waals surface area contributed by atoms with E-state index in [2.05, 4.69) is 18.7 Å². The zero-order valence-electron chi connectivity index (χ0n) is 17.3. The van der Waals surface area contributed by atoms with Crippen molar-refractivity contribution in [1.29, 1.82) is 0 Å². The lowest BCUT2D eigenvalue weighted by molar-refractivity contribution is -0.384. The smallest absolute Gasteiger partial charge is 0.303 e. The molecule has 0 amide bonds. The van der Waals surface area contributed by atoms with Crippen LogP contribution in [-0.4, -0.2) is 41.8 Å². The zero-order valence-corrected chi connectivity index (χ0v) is 17.3. The minimum atomic E-state index is -0.907. The molecule has 0 aromatic heterocycles. The summed E-state index contributed by atoms with van der Waals surface area (Å²) in [6, 6.07) is 5.44. The van der Waals surface area contributed by atoms with Crippen molar-refractivity contribution < 1.29 is 19.6 Å². The van der Waals surface area contributed by atoms with E-state index in [4.69, 9.17) is 9.84 Å². The van der Waals surface area contributed by atoms with E-state index in [9.17, 15) is 14.9 Å². The van der Waals surface area contributed by atoms with Crippen molar-refractivity contribution >= 4 is 17.3 Å². The van der Waals surface area contributed by atoms with Gasteiger partial charge in [0.1, 0.15) is 5.69 Å². The minimum Gasteiger partial charge on any atom is -0.481 e. The van der Waals surface area contributed by atoms with Crippen LogP contribution in [0.2, 0.25) is 0 Å². The summed E-state index contributed by atoms with van der Waals surface area (Å²) in [5, 5.41) is 20.9. The average molecular weight is 392 g/mol. The fourth-order valence-electron chi connectivity index (χ4n) is 4.05. The molecule has 0 heterocycles. The van der Waals surface area contributed by atoms with E-state index in [1.54, 1.807) is 26.2 Å². The van der Waals surface area contributed by atoms with E-state index in [1.807, 2.05) is 6.07 Å². The Labute approximate surface area is 166 Å². The Morgan fingerprint density at radius 1 is 1.29 bits per heavy atom. The highest BCUT2D eigenvalue weighted by molar-refractivity contribution is 5.69. The predicted octanol–water partition coefficient (Wildman–Crippen LogP) is 4.59. The second-order valence-electron chi connectivity index (χ2n) is 8.22. The van der Waals surface area contributed by atoms with Crippen LogP contribution in [0.1, 0.15) is 64.4 Å². The second-order valence-corrected chi connectivity index (χ2v) is 8.22. The fourth-order valence-corrected chi connectivity index (χ4v) is 4.05. The van der Waals surface area contributed by atoms with Crippen LogP contribution in [0, 0.1) is 16.0 Å². The number of hydrogen-bond donors (Lipinski definition) is 1. The standard InChI is InChI=1S/C21H32N2O5/c1-14(2)13-22(17-6-8-18(28-4)9-7-17)19-10-5-16(12-20(19)23(26)27)15(3)11-21(24)25/h5,10,12,14-15,17-18H,6-9,11,13H2,1-4H3,(H,24,25)/t15-,17?,18?/m1/s1. The molecule has 1 aliphatic carbocycles. The molecule has 0 unspecified atom stereocenters. The highest BCUT2D eigenvalue weighted by Crippen LogP contribution is 2.37. The quantitative estimate of drug-likeness (QED) is 0.488. The number of methoxy groups -OCH3 is 1. The lowest BCUT2D eigenvalue weighted by Gasteiger charge is -2.39. The van der Waals surface area contributed by atoms with Crippen LogP contribution in [-0.2, 0) is 9.53 Å². The van der Waals surface area contributed by atoms with Gasteiger partial charge < -0.3 is 14.7 Å². The Hall–Kier alpha value is -2.15. The van der Waals surface area contributed by atoms with Crippen molar-refractivity contribution in [3.05, 3.63) is 33.9 Å². The maximum atomic E-state index is 11.8. The van der Waals surface area contributed by atoms with E-state index in [-0.39, 0.29) is 35.1 Å². The van der Waals surface area contributed by atoms with E-state index in [0.29, 0.717) is 17.2 Å². The van der Waals surface area contributed by atoms with Gasteiger partial charge in [-0.15, -0.1) is 0 Å². The SMILES string of the molecule is COC1CCC(N(CC(C)C)c2ccc([C@H](C)CC(=O)O)cc2[N+](=O)[O-])CC1. The van der Waals surface area contributed by atoms with Crippen LogP contribution < -0.4 is 4.90 Å². The average Bonchev–Trinajstić information content (AvgIpc) is 2.65. The molecular weight excluding hydrogens is 360 g/mol. The number of nitro groups is 1. The van der Waals surface area contributed by atoms with Crippen molar-refractivity contribution in [1.82, 2.24) is 0 Å². The molecule has 1 atom stereocenters. The topological polar surface area (TPSA) is 92.9 Å². The first-order chi connectivity index (χ1) is 13.2. The van der Waals surface area contributed by atoms with E-state index < -0.39 is 5.97 Å². The van der Waals surface area contributed by atoms with Gasteiger partial charge in [0.2, 0.25) is 0 Å². The van der Waals surface area contributed by atoms with Gasteiger partial charge in [0.15, 0.2) is 0 Å². The summed E-state index contributed by atoms with van der Waals surface area (Å²) in [7, 11) is 1.73. The number of anilines is 1. The van der Waals surface area contributed by atoms with E-state index >= 15 is 0 Å². The van der Waals surface area contributed by atoms with Gasteiger partial charge in [-0.05, 0) is 49.1 Å². The summed E-state index contributed by atoms with van der Waals surface area (Å²) in [5.74, 6) is -0.818. The van der Waals surface area contributed by atoms with Gasteiger partial charge in [-0.3, -0.25) is 14.9 Å². The number of carboxylic acids is 1. The van der Waals surface area contributed by atoms with Gasteiger partial charge >= 0.3 is 5.97 Å². The minimum absolute atomic E-state index is 0.0484. The van der Waals surface area contributed by atoms with Crippen LogP contribution in [0.5, 0.6) is 0 Å². The number of carboxylic acid groups (broad SMARTS) is 1. The number of nitrogens with zero attached hydrogens (tertiary/aromatic N) is 2. The summed E-state index contributed by atoms with van der Waals surface area (Å²) in [6.45, 7) is 6.75. The van der Waals surface area contributed by atoms with Crippen molar-refractivity contribution in [3.63, 3.8) is 0 Å². The number of ether oxygens (including phenoxy) is 1. The molecule has 7 heteroatoms. The molecule has 1 saturated carbocycles. The Bertz CT molecular complexity index is 683. The van der Waals surface area contributed by atoms with Crippen molar-refractivity contribution in [2.75, 3.05) is 18.6 Å². The van der Waals surface area contributed by atoms with E-state index in [0.717, 1.165) is 32.2 Å². The lowest BCUT2D eigenvalue weighted by atomic mass is 9.90. The number of benzene rings is 1. The molecule has 0 spiro atoms. The monoisotopic (exact) mass is 392 g/mol. The summed E-state index contributed by atoms with van der Waals surface area (Å²) in [5.41, 5.74) is 1.38. The summed E-state index contributed by atoms with van der Waals surface area (Å²) < 4.78 is 5.47. The summed E-state index contributed by atoms with van der Waals surface area (Å²) >= 11 is 0. The first-order valence-electron chi connectivity index (χ1n) is 10.0. The van der Waals surface area contributed by atoms with Gasteiger partial charge in [0.25, 0.3) is 5.69 Å². The third-order valence-corrected chi connectivity index (χ3v) is 5.54. The normalized spacial score (nSPS) is 20.8. The molecule has 1 aromatic carbocycles. The van der Waals surface area contributed by atoms with Gasteiger partial charge in [-0.1, -0.05) is 26.8 Å². The Morgan fingerprint density at radius 2 is 1.93 bits per heavy atom. The van der Waals surface area contributed by atoms with Crippen LogP contribution in [0.4, 0.5) is 11.4 Å². The van der Waals surface area contributed by atoms with Crippen molar-refractivity contribution in [2.24, 2.45) is 5.92 Å². The molecule has 1 N–H and O–H groups in total. The first-order valence-corrected chi connectivity index (χ1v) is 10.0. The molecule has 0 aliphatic heterocycles. The summed E-state index contributed by atoms with van der Waals surface area (Å²) in [6.07, 6.45) is 4.02. The van der Waals surface area contributed by atoms with Gasteiger partial charge in [0.05, 0.1) is 17.4 Å². The number of carbonyl (C=O) groups is 1. The first kappa shape index (κ1) is 22.1. The second kappa shape index (κ2) is 9.87. The molecular formula is C21H32N2O5. The number of aliphatic carboxylic acids is 1. The molecule has 1 aliphatic rings. The number of nitro benzene ring substituents is 1. The van der Waals surface area contributed by atoms with Gasteiger partial charge in [0, 0.05) is 25.8 Å². The molecule has 0 saturated heterocycles. The predicted molar refractivity (Wildman–Crippen MR) is 109 cm³/mol. The maximum absolute atomic E-state index is 11.8. The number of hydrogen-bond acceptors (Lipinski definition) is 5. The van der Waals surface area contributed by atoms with Crippen LogP contribution in [0.15, 0.2) is 18.2 Å². The summed E-state index contributed by atoms with van der Waals surface area (Å²) in [4.78, 5) is 24.7. The van der Waals surface area contributed by atoms with Gasteiger partial charge in [-0.2, -0.15) is 0 Å². The third-order valence-electron chi connectivity index (χ3n) is 5.54. The van der Waals surface area contributed by atoms with Crippen LogP contribution in [0.25, 0.3) is 0 Å². The van der Waals surface area contributed by atoms with E-state index in [1.165, 1.54) is 0 Å². The highest BCUT2D eigenvalue weighted by Gasteiger charge is 2.30. The molecule has 2 rings (SSSR count). The van der Waals surface area contributed by atoms with Crippen molar-refractivity contribution in [3.8, 4) is 0 Å². The lowest BCUT2D eigenvalue weighted by Crippen LogP contribution is -2.41. The number of rotatable bonds is 9. The molecule has 28 heavy (non-hydrogen) atoms. The molecule has 0 radical (unpaired) electrons. The van der Waals surface area contributed by atoms with Crippen LogP contribution >= 0.6 is 0 Å². The highest BCUT2D eigenvalue weighted by atomic mass is 16.6. The zero-order chi connectivity index (χ0) is 20.8. The Kier molecular flexibility index (Phi) is 7.80. The molecule has 0 bridgehead atoms. The molecule has 1 aromatic rings. The molecule has 156 valence electrons. The fraction of sp³-hybridized carbons (Fsp3) is 0.667.